The van der Waals surface area contributed by atoms with Crippen LogP contribution in [0.4, 0.5) is 0 Å². The zero-order valence-electron chi connectivity index (χ0n) is 5.60. The van der Waals surface area contributed by atoms with Crippen LogP contribution in [-0.4, -0.2) is 16.5 Å². The highest BCUT2D eigenvalue weighted by atomic mass is 28.2. The Morgan fingerprint density at radius 1 is 1.67 bits per heavy atom. The summed E-state index contributed by atoms with van der Waals surface area (Å²) in [6, 6.07) is 0. The van der Waals surface area contributed by atoms with Gasteiger partial charge in [-0.15, -0.1) is 0 Å². The molecule has 0 amide bonds. The van der Waals surface area contributed by atoms with Gasteiger partial charge in [-0.1, -0.05) is 11.6 Å². The van der Waals surface area contributed by atoms with E-state index in [0.29, 0.717) is 6.42 Å². The molecule has 0 saturated carbocycles. The van der Waals surface area contributed by atoms with Gasteiger partial charge in [0.2, 0.25) is 0 Å². The van der Waals surface area contributed by atoms with Crippen molar-refractivity contribution in [3.8, 4) is 0 Å². The molecule has 0 rings (SSSR count). The molecule has 0 aliphatic rings. The molecule has 0 spiro atoms. The molecule has 9 heavy (non-hydrogen) atoms. The van der Waals surface area contributed by atoms with Crippen LogP contribution in [0, 0.1) is 0 Å². The molecule has 0 aromatic heterocycles. The average molecular weight is 141 g/mol. The first-order valence-electron chi connectivity index (χ1n) is 2.66. The van der Waals surface area contributed by atoms with Crippen LogP contribution in [0.3, 0.4) is 0 Å². The van der Waals surface area contributed by atoms with Crippen LogP contribution < -0.4 is 0 Å². The number of carbonyl (C=O) groups is 1. The van der Waals surface area contributed by atoms with Crippen molar-refractivity contribution in [1.82, 2.24) is 0 Å². The Morgan fingerprint density at radius 2 is 2.22 bits per heavy atom. The van der Waals surface area contributed by atoms with E-state index < -0.39 is 0 Å². The van der Waals surface area contributed by atoms with E-state index in [0.717, 1.165) is 5.57 Å². The SMILES string of the molecule is CC(C)=CCC(=O)O[Si]. The second kappa shape index (κ2) is 4.32. The zero-order valence-corrected chi connectivity index (χ0v) is 6.60. The lowest BCUT2D eigenvalue weighted by molar-refractivity contribution is -0.133. The number of hydrogen-bond donors (Lipinski definition) is 0. The Hall–Kier alpha value is -0.573. The second-order valence-corrected chi connectivity index (χ2v) is 2.16. The summed E-state index contributed by atoms with van der Waals surface area (Å²) < 4.78 is 4.22. The summed E-state index contributed by atoms with van der Waals surface area (Å²) in [4.78, 5) is 10.4. The molecule has 2 nitrogen and oxygen atoms in total. The van der Waals surface area contributed by atoms with Crippen LogP contribution >= 0.6 is 0 Å². The quantitative estimate of drug-likeness (QED) is 0.423. The van der Waals surface area contributed by atoms with Gasteiger partial charge in [-0.25, -0.2) is 0 Å². The lowest BCUT2D eigenvalue weighted by Crippen LogP contribution is -1.98. The summed E-state index contributed by atoms with van der Waals surface area (Å²) in [7, 11) is 2.63. The molecule has 0 aliphatic carbocycles. The van der Waals surface area contributed by atoms with Crippen molar-refractivity contribution < 1.29 is 9.22 Å². The van der Waals surface area contributed by atoms with Crippen molar-refractivity contribution >= 4 is 16.5 Å². The van der Waals surface area contributed by atoms with Crippen molar-refractivity contribution in [1.29, 1.82) is 0 Å². The Morgan fingerprint density at radius 3 is 2.56 bits per heavy atom. The maximum Gasteiger partial charge on any atom is 0.345 e. The topological polar surface area (TPSA) is 26.3 Å². The lowest BCUT2D eigenvalue weighted by atomic mass is 10.3. The molecule has 3 radical (unpaired) electrons. The first-order valence-corrected chi connectivity index (χ1v) is 3.07. The van der Waals surface area contributed by atoms with Crippen LogP contribution in [0.15, 0.2) is 11.6 Å². The summed E-state index contributed by atoms with van der Waals surface area (Å²) in [6.07, 6.45) is 2.15. The van der Waals surface area contributed by atoms with Gasteiger partial charge >= 0.3 is 10.5 Å². The molecule has 0 bridgehead atoms. The van der Waals surface area contributed by atoms with E-state index in [2.05, 4.69) is 14.9 Å². The summed E-state index contributed by atoms with van der Waals surface area (Å²) in [5, 5.41) is 0. The van der Waals surface area contributed by atoms with Crippen LogP contribution in [0.5, 0.6) is 0 Å². The minimum Gasteiger partial charge on any atom is -0.516 e. The molecular weight excluding hydrogens is 132 g/mol. The molecule has 0 fully saturated rings. The van der Waals surface area contributed by atoms with Crippen LogP contribution in [0.25, 0.3) is 0 Å². The van der Waals surface area contributed by atoms with Crippen molar-refractivity contribution in [2.24, 2.45) is 0 Å². The molecule has 0 aliphatic heterocycles. The van der Waals surface area contributed by atoms with E-state index in [9.17, 15) is 4.79 Å². The van der Waals surface area contributed by atoms with Crippen molar-refractivity contribution in [3.05, 3.63) is 11.6 Å². The predicted molar refractivity (Wildman–Crippen MR) is 35.9 cm³/mol. The number of allylic oxidation sites excluding steroid dienone is 1. The second-order valence-electron chi connectivity index (χ2n) is 1.96. The molecule has 0 aromatic carbocycles. The maximum absolute atomic E-state index is 10.4. The first-order chi connectivity index (χ1) is 4.16. The molecule has 0 saturated heterocycles. The van der Waals surface area contributed by atoms with Gasteiger partial charge < -0.3 is 4.43 Å². The summed E-state index contributed by atoms with van der Waals surface area (Å²) >= 11 is 0. The highest BCUT2D eigenvalue weighted by Gasteiger charge is 1.93. The van der Waals surface area contributed by atoms with E-state index in [1.807, 2.05) is 19.9 Å². The smallest absolute Gasteiger partial charge is 0.345 e. The molecule has 49 valence electrons. The third-order valence-corrected chi connectivity index (χ3v) is 1.02. The summed E-state index contributed by atoms with van der Waals surface area (Å²) in [6.45, 7) is 3.86. The molecule has 0 atom stereocenters. The summed E-state index contributed by atoms with van der Waals surface area (Å²) in [5.41, 5.74) is 1.12. The van der Waals surface area contributed by atoms with Gasteiger partial charge in [0.05, 0.1) is 6.42 Å². The highest BCUT2D eigenvalue weighted by molar-refractivity contribution is 6.05. The lowest BCUT2D eigenvalue weighted by Gasteiger charge is -1.92. The van der Waals surface area contributed by atoms with E-state index in [1.54, 1.807) is 0 Å². The number of rotatable bonds is 2. The van der Waals surface area contributed by atoms with Crippen LogP contribution in [0.1, 0.15) is 20.3 Å². The minimum atomic E-state index is -0.270. The van der Waals surface area contributed by atoms with Crippen LogP contribution in [0.2, 0.25) is 0 Å². The van der Waals surface area contributed by atoms with Gasteiger partial charge in [-0.3, -0.25) is 4.79 Å². The molecule has 0 aromatic rings. The summed E-state index contributed by atoms with van der Waals surface area (Å²) in [5.74, 6) is -0.270. The molecule has 3 heteroatoms. The van der Waals surface area contributed by atoms with E-state index in [-0.39, 0.29) is 5.97 Å². The molecule has 0 unspecified atom stereocenters. The third-order valence-electron chi connectivity index (χ3n) is 0.791. The van der Waals surface area contributed by atoms with E-state index >= 15 is 0 Å². The average Bonchev–Trinajstić information content (AvgIpc) is 1.83. The molecule has 0 N–H and O–H groups in total. The van der Waals surface area contributed by atoms with E-state index in [1.165, 1.54) is 0 Å². The Bertz CT molecular complexity index is 125. The maximum atomic E-state index is 10.4. The molecule has 0 heterocycles. The normalized spacial score (nSPS) is 8.33. The fourth-order valence-corrected chi connectivity index (χ4v) is 0.412. The Labute approximate surface area is 58.4 Å². The van der Waals surface area contributed by atoms with Gasteiger partial charge in [0.15, 0.2) is 0 Å². The molecular formula is C6H9O2Si. The largest absolute Gasteiger partial charge is 0.516 e. The Balaban J connectivity index is 3.50. The zero-order chi connectivity index (χ0) is 7.28. The predicted octanol–water partition coefficient (Wildman–Crippen LogP) is 0.969. The minimum absolute atomic E-state index is 0.270. The fraction of sp³-hybridized carbons (Fsp3) is 0.500. The van der Waals surface area contributed by atoms with E-state index in [4.69, 9.17) is 0 Å². The number of hydrogen-bond acceptors (Lipinski definition) is 2. The van der Waals surface area contributed by atoms with Crippen molar-refractivity contribution in [2.75, 3.05) is 0 Å². The third kappa shape index (κ3) is 5.30. The van der Waals surface area contributed by atoms with Crippen LogP contribution in [-0.2, 0) is 9.22 Å². The van der Waals surface area contributed by atoms with Crippen molar-refractivity contribution in [2.45, 2.75) is 20.3 Å². The van der Waals surface area contributed by atoms with Gasteiger partial charge in [0.25, 0.3) is 5.97 Å². The monoisotopic (exact) mass is 141 g/mol. The fourth-order valence-electron chi connectivity index (χ4n) is 0.329. The van der Waals surface area contributed by atoms with Gasteiger partial charge in [0.1, 0.15) is 0 Å². The standard InChI is InChI=1S/C6H9O2Si/c1-5(2)3-4-6(7)8-9/h3H,4H2,1-2H3. The number of carbonyl (C=O) groups excluding carboxylic acids is 1. The first kappa shape index (κ1) is 8.43. The van der Waals surface area contributed by atoms with Crippen molar-refractivity contribution in [3.63, 3.8) is 0 Å². The van der Waals surface area contributed by atoms with Gasteiger partial charge in [-0.05, 0) is 13.8 Å². The van der Waals surface area contributed by atoms with Gasteiger partial charge in [-0.2, -0.15) is 0 Å². The Kier molecular flexibility index (Phi) is 4.04. The van der Waals surface area contributed by atoms with Gasteiger partial charge in [0, 0.05) is 0 Å². The highest BCUT2D eigenvalue weighted by Crippen LogP contribution is 1.93.